The lowest BCUT2D eigenvalue weighted by atomic mass is 10.1. The van der Waals surface area contributed by atoms with Crippen LogP contribution in [0.25, 0.3) is 0 Å². The van der Waals surface area contributed by atoms with Gasteiger partial charge in [0.15, 0.2) is 0 Å². The number of ether oxygens (including phenoxy) is 1. The van der Waals surface area contributed by atoms with Crippen LogP contribution < -0.4 is 10.5 Å². The molecule has 1 aliphatic rings. The Morgan fingerprint density at radius 2 is 2.06 bits per heavy atom. The fourth-order valence-electron chi connectivity index (χ4n) is 1.85. The topological polar surface area (TPSA) is 35.2 Å². The second-order valence-corrected chi connectivity index (χ2v) is 5.34. The zero-order valence-electron chi connectivity index (χ0n) is 9.72. The van der Waals surface area contributed by atoms with Gasteiger partial charge in [-0.3, -0.25) is 0 Å². The number of rotatable bonds is 6. The molecule has 0 aliphatic heterocycles. The Hall–Kier alpha value is -0.440. The first-order valence-electron chi connectivity index (χ1n) is 6.01. The van der Waals surface area contributed by atoms with Gasteiger partial charge in [0, 0.05) is 5.02 Å². The van der Waals surface area contributed by atoms with Crippen LogP contribution in [0, 0.1) is 5.92 Å². The first-order valence-corrected chi connectivity index (χ1v) is 6.77. The second kappa shape index (κ2) is 5.94. The lowest BCUT2D eigenvalue weighted by Crippen LogP contribution is -2.07. The molecule has 1 fully saturated rings. The van der Waals surface area contributed by atoms with Gasteiger partial charge in [0.25, 0.3) is 0 Å². The number of nitrogens with two attached hydrogens (primary N) is 1. The molecule has 1 aliphatic carbocycles. The molecule has 0 amide bonds. The number of halogens is 2. The zero-order valence-corrected chi connectivity index (χ0v) is 11.2. The van der Waals surface area contributed by atoms with Crippen LogP contribution in [0.3, 0.4) is 0 Å². The molecular formula is C13H17Cl2NO. The normalized spacial score (nSPS) is 15.0. The first kappa shape index (κ1) is 13.0. The monoisotopic (exact) mass is 273 g/mol. The highest BCUT2D eigenvalue weighted by Crippen LogP contribution is 2.35. The van der Waals surface area contributed by atoms with Crippen LogP contribution >= 0.6 is 23.2 Å². The summed E-state index contributed by atoms with van der Waals surface area (Å²) in [5.74, 6) is 1.61. The highest BCUT2D eigenvalue weighted by Gasteiger charge is 2.21. The number of hydrogen-bond acceptors (Lipinski definition) is 2. The predicted octanol–water partition coefficient (Wildman–Crippen LogP) is 3.67. The van der Waals surface area contributed by atoms with E-state index in [1.807, 2.05) is 6.07 Å². The average molecular weight is 274 g/mol. The SMILES string of the molecule is NCCc1cc(Cl)cc(Cl)c1OCCC1CC1. The van der Waals surface area contributed by atoms with E-state index in [1.165, 1.54) is 12.8 Å². The van der Waals surface area contributed by atoms with Gasteiger partial charge >= 0.3 is 0 Å². The van der Waals surface area contributed by atoms with Crippen LogP contribution in [0.4, 0.5) is 0 Å². The summed E-state index contributed by atoms with van der Waals surface area (Å²) in [6.45, 7) is 1.29. The van der Waals surface area contributed by atoms with Crippen molar-refractivity contribution < 1.29 is 4.74 Å². The minimum absolute atomic E-state index is 0.565. The summed E-state index contributed by atoms with van der Waals surface area (Å²) in [4.78, 5) is 0. The molecule has 0 radical (unpaired) electrons. The van der Waals surface area contributed by atoms with Crippen LogP contribution in [0.1, 0.15) is 24.8 Å². The molecular weight excluding hydrogens is 257 g/mol. The molecule has 0 atom stereocenters. The molecule has 4 heteroatoms. The molecule has 2 rings (SSSR count). The van der Waals surface area contributed by atoms with E-state index in [0.717, 1.165) is 36.7 Å². The Morgan fingerprint density at radius 1 is 1.29 bits per heavy atom. The fraction of sp³-hybridized carbons (Fsp3) is 0.538. The van der Waals surface area contributed by atoms with E-state index in [9.17, 15) is 0 Å². The summed E-state index contributed by atoms with van der Waals surface area (Å²) in [6, 6.07) is 3.60. The molecule has 0 heterocycles. The predicted molar refractivity (Wildman–Crippen MR) is 72.1 cm³/mol. The van der Waals surface area contributed by atoms with Crippen LogP contribution in [0.15, 0.2) is 12.1 Å². The van der Waals surface area contributed by atoms with Gasteiger partial charge in [-0.2, -0.15) is 0 Å². The Kier molecular flexibility index (Phi) is 4.55. The number of benzene rings is 1. The standard InChI is InChI=1S/C13H17Cl2NO/c14-11-7-10(3-5-16)13(12(15)8-11)17-6-4-9-1-2-9/h7-9H,1-6,16H2. The molecule has 0 bridgehead atoms. The van der Waals surface area contributed by atoms with Crippen molar-refractivity contribution in [2.75, 3.05) is 13.2 Å². The van der Waals surface area contributed by atoms with Gasteiger partial charge in [-0.15, -0.1) is 0 Å². The van der Waals surface area contributed by atoms with Crippen molar-refractivity contribution in [1.29, 1.82) is 0 Å². The molecule has 0 saturated heterocycles. The zero-order chi connectivity index (χ0) is 12.3. The molecule has 17 heavy (non-hydrogen) atoms. The Labute approximate surface area is 112 Å². The fourth-order valence-corrected chi connectivity index (χ4v) is 2.44. The highest BCUT2D eigenvalue weighted by atomic mass is 35.5. The van der Waals surface area contributed by atoms with Crippen LogP contribution in [0.5, 0.6) is 5.75 Å². The van der Waals surface area contributed by atoms with Gasteiger partial charge in [0.1, 0.15) is 5.75 Å². The molecule has 2 nitrogen and oxygen atoms in total. The van der Waals surface area contributed by atoms with Crippen LogP contribution in [-0.2, 0) is 6.42 Å². The smallest absolute Gasteiger partial charge is 0.141 e. The molecule has 0 aromatic heterocycles. The van der Waals surface area contributed by atoms with Crippen molar-refractivity contribution in [3.63, 3.8) is 0 Å². The van der Waals surface area contributed by atoms with Crippen molar-refractivity contribution in [3.05, 3.63) is 27.7 Å². The quantitative estimate of drug-likeness (QED) is 0.859. The third kappa shape index (κ3) is 3.77. The minimum atomic E-state index is 0.565. The van der Waals surface area contributed by atoms with Gasteiger partial charge < -0.3 is 10.5 Å². The molecule has 1 aromatic carbocycles. The van der Waals surface area contributed by atoms with Crippen molar-refractivity contribution in [1.82, 2.24) is 0 Å². The molecule has 0 spiro atoms. The summed E-state index contributed by atoms with van der Waals surface area (Å²) in [6.07, 6.45) is 4.53. The summed E-state index contributed by atoms with van der Waals surface area (Å²) in [7, 11) is 0. The summed E-state index contributed by atoms with van der Waals surface area (Å²) < 4.78 is 5.78. The van der Waals surface area contributed by atoms with E-state index in [1.54, 1.807) is 6.07 Å². The maximum Gasteiger partial charge on any atom is 0.141 e. The molecule has 94 valence electrons. The minimum Gasteiger partial charge on any atom is -0.492 e. The Morgan fingerprint density at radius 3 is 2.71 bits per heavy atom. The van der Waals surface area contributed by atoms with E-state index in [-0.39, 0.29) is 0 Å². The van der Waals surface area contributed by atoms with Gasteiger partial charge in [-0.05, 0) is 43.0 Å². The molecule has 0 unspecified atom stereocenters. The van der Waals surface area contributed by atoms with E-state index >= 15 is 0 Å². The Balaban J connectivity index is 2.05. The third-order valence-corrected chi connectivity index (χ3v) is 3.47. The maximum absolute atomic E-state index is 6.15. The molecule has 1 saturated carbocycles. The summed E-state index contributed by atoms with van der Waals surface area (Å²) >= 11 is 12.1. The van der Waals surface area contributed by atoms with Gasteiger partial charge in [0.2, 0.25) is 0 Å². The van der Waals surface area contributed by atoms with E-state index < -0.39 is 0 Å². The highest BCUT2D eigenvalue weighted by molar-refractivity contribution is 6.35. The van der Waals surface area contributed by atoms with Crippen molar-refractivity contribution in [2.45, 2.75) is 25.7 Å². The summed E-state index contributed by atoms with van der Waals surface area (Å²) in [5, 5.41) is 1.21. The maximum atomic E-state index is 6.15. The molecule has 1 aromatic rings. The van der Waals surface area contributed by atoms with E-state index in [2.05, 4.69) is 0 Å². The van der Waals surface area contributed by atoms with Gasteiger partial charge in [-0.25, -0.2) is 0 Å². The first-order chi connectivity index (χ1) is 8.20. The van der Waals surface area contributed by atoms with E-state index in [0.29, 0.717) is 16.6 Å². The van der Waals surface area contributed by atoms with Crippen molar-refractivity contribution in [2.24, 2.45) is 11.7 Å². The van der Waals surface area contributed by atoms with Crippen molar-refractivity contribution >= 4 is 23.2 Å². The van der Waals surface area contributed by atoms with Crippen LogP contribution in [0.2, 0.25) is 10.0 Å². The van der Waals surface area contributed by atoms with E-state index in [4.69, 9.17) is 33.7 Å². The van der Waals surface area contributed by atoms with Gasteiger partial charge in [0.05, 0.1) is 11.6 Å². The average Bonchev–Trinajstić information content (AvgIpc) is 3.06. The van der Waals surface area contributed by atoms with Crippen LogP contribution in [-0.4, -0.2) is 13.2 Å². The largest absolute Gasteiger partial charge is 0.492 e. The lowest BCUT2D eigenvalue weighted by Gasteiger charge is -2.13. The Bertz CT molecular complexity index is 391. The van der Waals surface area contributed by atoms with Crippen molar-refractivity contribution in [3.8, 4) is 5.75 Å². The van der Waals surface area contributed by atoms with Gasteiger partial charge in [-0.1, -0.05) is 36.0 Å². The molecule has 2 N–H and O–H groups in total. The number of hydrogen-bond donors (Lipinski definition) is 1. The third-order valence-electron chi connectivity index (χ3n) is 2.97. The second-order valence-electron chi connectivity index (χ2n) is 4.50. The lowest BCUT2D eigenvalue weighted by molar-refractivity contribution is 0.300. The summed E-state index contributed by atoms with van der Waals surface area (Å²) in [5.41, 5.74) is 6.58.